The first kappa shape index (κ1) is 22.4. The van der Waals surface area contributed by atoms with Crippen LogP contribution in [0, 0.1) is 17.5 Å². The highest BCUT2D eigenvalue weighted by Gasteiger charge is 2.43. The maximum atomic E-state index is 13.6. The number of benzene rings is 2. The van der Waals surface area contributed by atoms with Gasteiger partial charge in [-0.05, 0) is 30.3 Å². The maximum absolute atomic E-state index is 13.6. The number of rotatable bonds is 2. The molecule has 0 aromatic heterocycles. The van der Waals surface area contributed by atoms with Crippen molar-refractivity contribution >= 4 is 23.2 Å². The normalized spacial score (nSPS) is 16.4. The molecule has 2 aromatic carbocycles. The van der Waals surface area contributed by atoms with Crippen molar-refractivity contribution in [2.45, 2.75) is 12.4 Å². The van der Waals surface area contributed by atoms with Crippen molar-refractivity contribution in [1.29, 1.82) is 0 Å². The molecule has 13 heteroatoms. The molecule has 0 radical (unpaired) electrons. The van der Waals surface area contributed by atoms with Gasteiger partial charge >= 0.3 is 12.4 Å². The number of carbonyl (C=O) groups excluding carboxylic acids is 2. The summed E-state index contributed by atoms with van der Waals surface area (Å²) in [6.07, 6.45) is -10.4. The number of hydrogen-bond acceptors (Lipinski definition) is 2. The minimum atomic E-state index is -5.19. The summed E-state index contributed by atoms with van der Waals surface area (Å²) in [4.78, 5) is 24.9. The van der Waals surface area contributed by atoms with Crippen molar-refractivity contribution in [3.05, 3.63) is 81.2 Å². The molecule has 4 rings (SSSR count). The van der Waals surface area contributed by atoms with Gasteiger partial charge in [0.1, 0.15) is 0 Å². The SMILES string of the molecule is O=C1NC(c2cc(F)c(F)c(F)c2)=C2C(=O)NC(c3cc(C(F)(F)F)cc(C(F)(F)F)c3)=C12. The third kappa shape index (κ3) is 3.72. The quantitative estimate of drug-likeness (QED) is 0.493. The third-order valence-corrected chi connectivity index (χ3v) is 4.83. The van der Waals surface area contributed by atoms with Crippen molar-refractivity contribution in [2.24, 2.45) is 0 Å². The predicted octanol–water partition coefficient (Wildman–Crippen LogP) is 4.52. The zero-order chi connectivity index (χ0) is 24.5. The van der Waals surface area contributed by atoms with Gasteiger partial charge in [-0.1, -0.05) is 0 Å². The Morgan fingerprint density at radius 2 is 0.939 bits per heavy atom. The average Bonchev–Trinajstić information content (AvgIpc) is 3.22. The van der Waals surface area contributed by atoms with Crippen molar-refractivity contribution in [3.63, 3.8) is 0 Å². The molecule has 2 amide bonds. The summed E-state index contributed by atoms with van der Waals surface area (Å²) in [6, 6.07) is 1.40. The Hall–Kier alpha value is -3.77. The first-order chi connectivity index (χ1) is 15.2. The lowest BCUT2D eigenvalue weighted by atomic mass is 9.98. The number of carbonyl (C=O) groups is 2. The van der Waals surface area contributed by atoms with E-state index in [0.717, 1.165) is 0 Å². The molecule has 2 heterocycles. The van der Waals surface area contributed by atoms with Crippen LogP contribution in [0.2, 0.25) is 0 Å². The molecule has 0 spiro atoms. The predicted molar refractivity (Wildman–Crippen MR) is 92.9 cm³/mol. The van der Waals surface area contributed by atoms with Crippen LogP contribution < -0.4 is 10.6 Å². The van der Waals surface area contributed by atoms with Crippen molar-refractivity contribution < 1.29 is 49.1 Å². The van der Waals surface area contributed by atoms with Gasteiger partial charge < -0.3 is 10.6 Å². The molecule has 2 aliphatic rings. The number of hydrogen-bond donors (Lipinski definition) is 2. The van der Waals surface area contributed by atoms with Crippen LogP contribution in [-0.4, -0.2) is 11.8 Å². The summed E-state index contributed by atoms with van der Waals surface area (Å²) in [5.41, 5.74) is -7.00. The van der Waals surface area contributed by atoms with Gasteiger partial charge in [-0.25, -0.2) is 13.2 Å². The van der Waals surface area contributed by atoms with Gasteiger partial charge in [-0.15, -0.1) is 0 Å². The van der Waals surface area contributed by atoms with Crippen LogP contribution in [0.1, 0.15) is 22.3 Å². The van der Waals surface area contributed by atoms with E-state index in [0.29, 0.717) is 24.3 Å². The van der Waals surface area contributed by atoms with E-state index in [1.54, 1.807) is 0 Å². The highest BCUT2D eigenvalue weighted by molar-refractivity contribution is 6.30. The Kier molecular flexibility index (Phi) is 4.84. The Labute approximate surface area is 177 Å². The molecule has 2 aromatic rings. The summed E-state index contributed by atoms with van der Waals surface area (Å²) in [5, 5.41) is 4.11. The van der Waals surface area contributed by atoms with E-state index in [2.05, 4.69) is 5.32 Å². The Bertz CT molecular complexity index is 1250. The van der Waals surface area contributed by atoms with Crippen molar-refractivity contribution in [3.8, 4) is 0 Å². The molecule has 0 unspecified atom stereocenters. The molecule has 0 fully saturated rings. The summed E-state index contributed by atoms with van der Waals surface area (Å²) >= 11 is 0. The fraction of sp³-hybridized carbons (Fsp3) is 0.100. The monoisotopic (exact) mass is 478 g/mol. The average molecular weight is 478 g/mol. The standard InChI is InChI=1S/C20H7F9N2O2/c21-10-3-7(4-11(22)14(10)23)16-13-12(17(32)31-16)15(30-18(13)33)6-1-8(19(24,25)26)5-9(2-6)20(27,28)29/h1-5H,(H,30,33)(H,31,32). The number of alkyl halides is 6. The van der Waals surface area contributed by atoms with Gasteiger partial charge in [0.05, 0.1) is 33.7 Å². The van der Waals surface area contributed by atoms with Crippen molar-refractivity contribution in [1.82, 2.24) is 10.6 Å². The highest BCUT2D eigenvalue weighted by atomic mass is 19.4. The first-order valence-corrected chi connectivity index (χ1v) is 8.75. The number of amides is 2. The van der Waals surface area contributed by atoms with E-state index in [1.165, 1.54) is 0 Å². The molecule has 4 nitrogen and oxygen atoms in total. The minimum Gasteiger partial charge on any atom is -0.321 e. The van der Waals surface area contributed by atoms with E-state index >= 15 is 0 Å². The molecule has 0 aliphatic carbocycles. The molecule has 2 aliphatic heterocycles. The van der Waals surface area contributed by atoms with E-state index in [1.807, 2.05) is 5.32 Å². The number of halogens is 9. The molecule has 33 heavy (non-hydrogen) atoms. The van der Waals surface area contributed by atoms with Gasteiger partial charge in [0.15, 0.2) is 17.5 Å². The van der Waals surface area contributed by atoms with Gasteiger partial charge in [0.25, 0.3) is 11.8 Å². The van der Waals surface area contributed by atoms with Gasteiger partial charge in [-0.2, -0.15) is 26.3 Å². The van der Waals surface area contributed by atoms with Crippen molar-refractivity contribution in [2.75, 3.05) is 0 Å². The smallest absolute Gasteiger partial charge is 0.321 e. The molecule has 0 bridgehead atoms. The first-order valence-electron chi connectivity index (χ1n) is 8.75. The zero-order valence-electron chi connectivity index (χ0n) is 15.6. The fourth-order valence-electron chi connectivity index (χ4n) is 3.41. The lowest BCUT2D eigenvalue weighted by Gasteiger charge is -2.15. The van der Waals surface area contributed by atoms with Crippen LogP contribution in [-0.2, 0) is 21.9 Å². The van der Waals surface area contributed by atoms with E-state index < -0.39 is 86.4 Å². The molecule has 2 N–H and O–H groups in total. The second kappa shape index (κ2) is 7.12. The lowest BCUT2D eigenvalue weighted by Crippen LogP contribution is -2.22. The number of nitrogens with one attached hydrogen (secondary N) is 2. The summed E-state index contributed by atoms with van der Waals surface area (Å²) in [5.74, 6) is -7.41. The van der Waals surface area contributed by atoms with E-state index in [-0.39, 0.29) is 6.07 Å². The topological polar surface area (TPSA) is 58.2 Å². The minimum absolute atomic E-state index is 0.132. The maximum Gasteiger partial charge on any atom is 0.416 e. The summed E-state index contributed by atoms with van der Waals surface area (Å²) in [7, 11) is 0. The Balaban J connectivity index is 1.95. The summed E-state index contributed by atoms with van der Waals surface area (Å²) in [6.45, 7) is 0. The molecule has 0 saturated heterocycles. The second-order valence-electron chi connectivity index (χ2n) is 6.96. The molecule has 0 saturated carbocycles. The van der Waals surface area contributed by atoms with E-state index in [9.17, 15) is 49.1 Å². The Morgan fingerprint density at radius 3 is 1.30 bits per heavy atom. The van der Waals surface area contributed by atoms with E-state index in [4.69, 9.17) is 0 Å². The Morgan fingerprint density at radius 1 is 0.576 bits per heavy atom. The van der Waals surface area contributed by atoms with Crippen LogP contribution in [0.25, 0.3) is 11.4 Å². The van der Waals surface area contributed by atoms with Gasteiger partial charge in [-0.3, -0.25) is 9.59 Å². The number of fused-ring (bicyclic) bond motifs is 1. The van der Waals surface area contributed by atoms with Crippen LogP contribution >= 0.6 is 0 Å². The lowest BCUT2D eigenvalue weighted by molar-refractivity contribution is -0.143. The molecule has 172 valence electrons. The van der Waals surface area contributed by atoms with Crippen LogP contribution in [0.3, 0.4) is 0 Å². The third-order valence-electron chi connectivity index (χ3n) is 4.83. The zero-order valence-corrected chi connectivity index (χ0v) is 15.6. The second-order valence-corrected chi connectivity index (χ2v) is 6.96. The van der Waals surface area contributed by atoms with Gasteiger partial charge in [0.2, 0.25) is 0 Å². The molecule has 0 atom stereocenters. The molecular formula is C20H7F9N2O2. The van der Waals surface area contributed by atoms with Crippen LogP contribution in [0.4, 0.5) is 39.5 Å². The van der Waals surface area contributed by atoms with Gasteiger partial charge in [0, 0.05) is 11.1 Å². The largest absolute Gasteiger partial charge is 0.416 e. The highest BCUT2D eigenvalue weighted by Crippen LogP contribution is 2.41. The van der Waals surface area contributed by atoms with Crippen LogP contribution in [0.15, 0.2) is 41.5 Å². The van der Waals surface area contributed by atoms with Crippen LogP contribution in [0.5, 0.6) is 0 Å². The summed E-state index contributed by atoms with van der Waals surface area (Å²) < 4.78 is 120. The fourth-order valence-corrected chi connectivity index (χ4v) is 3.41. The molecular weight excluding hydrogens is 471 g/mol.